The van der Waals surface area contributed by atoms with Crippen molar-refractivity contribution in [2.45, 2.75) is 44.2 Å². The van der Waals surface area contributed by atoms with E-state index in [9.17, 15) is 10.1 Å². The summed E-state index contributed by atoms with van der Waals surface area (Å²) in [6, 6.07) is 0.143. The van der Waals surface area contributed by atoms with Crippen LogP contribution in [-0.2, 0) is 0 Å². The predicted molar refractivity (Wildman–Crippen MR) is 49.1 cm³/mol. The summed E-state index contributed by atoms with van der Waals surface area (Å²) in [6.07, 6.45) is 5.09. The first-order valence-corrected chi connectivity index (χ1v) is 5.14. The van der Waals surface area contributed by atoms with Gasteiger partial charge in [0.05, 0.1) is 0 Å². The zero-order valence-electron chi connectivity index (χ0n) is 7.74. The Morgan fingerprint density at radius 2 is 2.15 bits per heavy atom. The van der Waals surface area contributed by atoms with Gasteiger partial charge in [0, 0.05) is 23.8 Å². The quantitative estimate of drug-likeness (QED) is 0.492. The maximum absolute atomic E-state index is 10.6. The Hall–Kier alpha value is -0.640. The van der Waals surface area contributed by atoms with E-state index >= 15 is 0 Å². The molecule has 2 rings (SSSR count). The standard InChI is InChI=1S/C9H16N2O2/c12-11(13)8-4-3-7-2-1-5-10-9(7)6-8/h7-10H,1-6H2. The van der Waals surface area contributed by atoms with Crippen LogP contribution < -0.4 is 5.32 Å². The second-order valence-electron chi connectivity index (χ2n) is 4.22. The minimum absolute atomic E-state index is 0.105. The molecule has 4 heteroatoms. The summed E-state index contributed by atoms with van der Waals surface area (Å²) in [5.74, 6) is 0.713. The van der Waals surface area contributed by atoms with Crippen LogP contribution >= 0.6 is 0 Å². The molecule has 1 aliphatic heterocycles. The Kier molecular flexibility index (Phi) is 2.49. The van der Waals surface area contributed by atoms with Crippen LogP contribution in [0.1, 0.15) is 32.1 Å². The molecule has 0 radical (unpaired) electrons. The minimum atomic E-state index is -0.285. The second kappa shape index (κ2) is 3.62. The molecule has 2 fully saturated rings. The van der Waals surface area contributed by atoms with Crippen molar-refractivity contribution in [2.75, 3.05) is 6.54 Å². The van der Waals surface area contributed by atoms with Crippen molar-refractivity contribution in [3.8, 4) is 0 Å². The topological polar surface area (TPSA) is 55.2 Å². The average Bonchev–Trinajstić information content (AvgIpc) is 2.17. The molecule has 0 bridgehead atoms. The van der Waals surface area contributed by atoms with Gasteiger partial charge in [-0.3, -0.25) is 10.1 Å². The van der Waals surface area contributed by atoms with Crippen molar-refractivity contribution < 1.29 is 4.92 Å². The van der Waals surface area contributed by atoms with Crippen molar-refractivity contribution in [2.24, 2.45) is 5.92 Å². The van der Waals surface area contributed by atoms with Crippen LogP contribution in [0.4, 0.5) is 0 Å². The molecular weight excluding hydrogens is 168 g/mol. The van der Waals surface area contributed by atoms with Crippen LogP contribution in [0.25, 0.3) is 0 Å². The molecule has 0 aromatic heterocycles. The van der Waals surface area contributed by atoms with Crippen molar-refractivity contribution >= 4 is 0 Å². The van der Waals surface area contributed by atoms with Gasteiger partial charge < -0.3 is 5.32 Å². The summed E-state index contributed by atoms with van der Waals surface area (Å²) >= 11 is 0. The summed E-state index contributed by atoms with van der Waals surface area (Å²) in [5.41, 5.74) is 0. The first-order chi connectivity index (χ1) is 6.27. The number of nitrogens with zero attached hydrogens (tertiary/aromatic N) is 1. The lowest BCUT2D eigenvalue weighted by molar-refractivity contribution is -0.527. The molecule has 13 heavy (non-hydrogen) atoms. The van der Waals surface area contributed by atoms with Gasteiger partial charge in [-0.1, -0.05) is 0 Å². The van der Waals surface area contributed by atoms with E-state index in [1.165, 1.54) is 12.8 Å². The van der Waals surface area contributed by atoms with Gasteiger partial charge in [0.1, 0.15) is 0 Å². The van der Waals surface area contributed by atoms with Crippen LogP contribution in [0.5, 0.6) is 0 Å². The lowest BCUT2D eigenvalue weighted by Crippen LogP contribution is -2.47. The van der Waals surface area contributed by atoms with E-state index in [0.717, 1.165) is 25.8 Å². The van der Waals surface area contributed by atoms with Gasteiger partial charge in [-0.05, 0) is 31.7 Å². The van der Waals surface area contributed by atoms with E-state index in [1.54, 1.807) is 0 Å². The number of nitrogens with one attached hydrogen (secondary N) is 1. The van der Waals surface area contributed by atoms with Crippen LogP contribution in [0.15, 0.2) is 0 Å². The number of hydrogen-bond acceptors (Lipinski definition) is 3. The minimum Gasteiger partial charge on any atom is -0.313 e. The molecule has 1 N–H and O–H groups in total. The summed E-state index contributed by atoms with van der Waals surface area (Å²) in [7, 11) is 0. The lowest BCUT2D eigenvalue weighted by Gasteiger charge is -2.37. The van der Waals surface area contributed by atoms with Gasteiger partial charge in [-0.2, -0.15) is 0 Å². The molecule has 74 valence electrons. The molecule has 1 heterocycles. The molecule has 3 unspecified atom stereocenters. The predicted octanol–water partition coefficient (Wildman–Crippen LogP) is 1.18. The van der Waals surface area contributed by atoms with Gasteiger partial charge in [0.15, 0.2) is 0 Å². The smallest absolute Gasteiger partial charge is 0.214 e. The molecule has 0 amide bonds. The van der Waals surface area contributed by atoms with Crippen LogP contribution in [0, 0.1) is 16.0 Å². The summed E-state index contributed by atoms with van der Waals surface area (Å²) in [6.45, 7) is 1.05. The second-order valence-corrected chi connectivity index (χ2v) is 4.22. The highest BCUT2D eigenvalue weighted by Crippen LogP contribution is 2.31. The van der Waals surface area contributed by atoms with Gasteiger partial charge in [-0.25, -0.2) is 0 Å². The molecular formula is C9H16N2O2. The Balaban J connectivity index is 1.95. The fourth-order valence-corrected chi connectivity index (χ4v) is 2.65. The van der Waals surface area contributed by atoms with Gasteiger partial charge in [0.2, 0.25) is 6.04 Å². The molecule has 1 saturated carbocycles. The maximum atomic E-state index is 10.6. The third kappa shape index (κ3) is 1.82. The highest BCUT2D eigenvalue weighted by molar-refractivity contribution is 4.87. The van der Waals surface area contributed by atoms with E-state index < -0.39 is 0 Å². The largest absolute Gasteiger partial charge is 0.313 e. The van der Waals surface area contributed by atoms with Gasteiger partial charge >= 0.3 is 0 Å². The van der Waals surface area contributed by atoms with Crippen LogP contribution in [0.3, 0.4) is 0 Å². The average molecular weight is 184 g/mol. The zero-order chi connectivity index (χ0) is 9.26. The van der Waals surface area contributed by atoms with E-state index in [2.05, 4.69) is 5.32 Å². The van der Waals surface area contributed by atoms with E-state index in [-0.39, 0.29) is 11.0 Å². The van der Waals surface area contributed by atoms with E-state index in [4.69, 9.17) is 0 Å². The number of nitro groups is 1. The maximum Gasteiger partial charge on any atom is 0.214 e. The van der Waals surface area contributed by atoms with E-state index in [1.807, 2.05) is 0 Å². The summed E-state index contributed by atoms with van der Waals surface area (Å²) in [5, 5.41) is 14.0. The Morgan fingerprint density at radius 1 is 1.31 bits per heavy atom. The number of fused-ring (bicyclic) bond motifs is 1. The zero-order valence-corrected chi connectivity index (χ0v) is 7.74. The van der Waals surface area contributed by atoms with Gasteiger partial charge in [-0.15, -0.1) is 0 Å². The fourth-order valence-electron chi connectivity index (χ4n) is 2.65. The first-order valence-electron chi connectivity index (χ1n) is 5.14. The van der Waals surface area contributed by atoms with Crippen LogP contribution in [-0.4, -0.2) is 23.6 Å². The van der Waals surface area contributed by atoms with Crippen molar-refractivity contribution in [1.82, 2.24) is 5.32 Å². The normalized spacial score (nSPS) is 39.5. The molecule has 4 nitrogen and oxygen atoms in total. The number of hydrogen-bond donors (Lipinski definition) is 1. The van der Waals surface area contributed by atoms with Crippen molar-refractivity contribution in [3.63, 3.8) is 0 Å². The SMILES string of the molecule is O=[N+]([O-])C1CCC2CCCNC2C1. The molecule has 2 aliphatic rings. The molecule has 1 aliphatic carbocycles. The molecule has 0 aromatic rings. The molecule has 0 aromatic carbocycles. The molecule has 1 saturated heterocycles. The third-order valence-corrected chi connectivity index (χ3v) is 3.42. The molecule has 0 spiro atoms. The number of rotatable bonds is 1. The van der Waals surface area contributed by atoms with Crippen LogP contribution in [0.2, 0.25) is 0 Å². The fraction of sp³-hybridized carbons (Fsp3) is 1.00. The monoisotopic (exact) mass is 184 g/mol. The first kappa shape index (κ1) is 8.94. The highest BCUT2D eigenvalue weighted by Gasteiger charge is 2.36. The molecule has 3 atom stereocenters. The Bertz CT molecular complexity index is 208. The lowest BCUT2D eigenvalue weighted by atomic mass is 9.77. The van der Waals surface area contributed by atoms with E-state index in [0.29, 0.717) is 12.0 Å². The third-order valence-electron chi connectivity index (χ3n) is 3.42. The van der Waals surface area contributed by atoms with Crippen molar-refractivity contribution in [1.29, 1.82) is 0 Å². The highest BCUT2D eigenvalue weighted by atomic mass is 16.6. The summed E-state index contributed by atoms with van der Waals surface area (Å²) in [4.78, 5) is 10.5. The van der Waals surface area contributed by atoms with Crippen molar-refractivity contribution in [3.05, 3.63) is 10.1 Å². The Morgan fingerprint density at radius 3 is 2.92 bits per heavy atom. The number of piperidine rings is 1. The Labute approximate surface area is 77.8 Å². The summed E-state index contributed by atoms with van der Waals surface area (Å²) < 4.78 is 0. The van der Waals surface area contributed by atoms with Gasteiger partial charge in [0.25, 0.3) is 0 Å².